The number of amides is 1. The lowest BCUT2D eigenvalue weighted by Gasteiger charge is -2.11. The van der Waals surface area contributed by atoms with Gasteiger partial charge in [0.25, 0.3) is 5.91 Å². The first-order valence-corrected chi connectivity index (χ1v) is 7.58. The van der Waals surface area contributed by atoms with E-state index >= 15 is 0 Å². The Labute approximate surface area is 128 Å². The van der Waals surface area contributed by atoms with Gasteiger partial charge in [-0.3, -0.25) is 4.79 Å². The van der Waals surface area contributed by atoms with Crippen LogP contribution in [0.4, 0.5) is 5.69 Å². The van der Waals surface area contributed by atoms with Crippen molar-refractivity contribution in [3.05, 3.63) is 48.0 Å². The summed E-state index contributed by atoms with van der Waals surface area (Å²) in [5.74, 6) is 1.10. The lowest BCUT2D eigenvalue weighted by molar-refractivity contribution is 0.102. The molecule has 0 aliphatic carbocycles. The third-order valence-corrected chi connectivity index (χ3v) is 3.73. The normalized spacial score (nSPS) is 10.0. The van der Waals surface area contributed by atoms with Crippen LogP contribution < -0.4 is 14.8 Å². The monoisotopic (exact) mass is 303 g/mol. The Bertz CT molecular complexity index is 626. The van der Waals surface area contributed by atoms with Gasteiger partial charge in [0, 0.05) is 10.6 Å². The lowest BCUT2D eigenvalue weighted by Crippen LogP contribution is -2.13. The number of carbonyl (C=O) groups excluding carboxylic acids is 1. The molecule has 5 heteroatoms. The standard InChI is InChI=1S/C16H17NO3S/c1-19-12-6-4-11(5-7-12)17-16(18)14-9-8-13(21-3)10-15(14)20-2/h4-10H,1-3H3,(H,17,18). The summed E-state index contributed by atoms with van der Waals surface area (Å²) in [7, 11) is 3.16. The maximum atomic E-state index is 12.3. The van der Waals surface area contributed by atoms with E-state index in [-0.39, 0.29) is 5.91 Å². The van der Waals surface area contributed by atoms with Crippen LogP contribution in [-0.2, 0) is 0 Å². The molecule has 0 heterocycles. The van der Waals surface area contributed by atoms with Crippen LogP contribution in [0.1, 0.15) is 10.4 Å². The molecule has 4 nitrogen and oxygen atoms in total. The Kier molecular flexibility index (Phi) is 5.11. The van der Waals surface area contributed by atoms with Gasteiger partial charge < -0.3 is 14.8 Å². The van der Waals surface area contributed by atoms with Crippen molar-refractivity contribution < 1.29 is 14.3 Å². The van der Waals surface area contributed by atoms with Crippen LogP contribution in [-0.4, -0.2) is 26.4 Å². The molecule has 0 spiro atoms. The number of nitrogens with one attached hydrogen (secondary N) is 1. The predicted molar refractivity (Wildman–Crippen MR) is 85.7 cm³/mol. The van der Waals surface area contributed by atoms with Crippen molar-refractivity contribution in [3.63, 3.8) is 0 Å². The van der Waals surface area contributed by atoms with Crippen molar-refractivity contribution in [1.82, 2.24) is 0 Å². The zero-order chi connectivity index (χ0) is 15.2. The summed E-state index contributed by atoms with van der Waals surface area (Å²) < 4.78 is 10.4. The SMILES string of the molecule is COc1ccc(NC(=O)c2ccc(SC)cc2OC)cc1. The van der Waals surface area contributed by atoms with Crippen LogP contribution in [0.3, 0.4) is 0 Å². The van der Waals surface area contributed by atoms with Crippen molar-refractivity contribution in [3.8, 4) is 11.5 Å². The van der Waals surface area contributed by atoms with E-state index in [1.54, 1.807) is 56.3 Å². The second kappa shape index (κ2) is 7.04. The molecule has 2 rings (SSSR count). The summed E-state index contributed by atoms with van der Waals surface area (Å²) in [4.78, 5) is 13.4. The maximum absolute atomic E-state index is 12.3. The minimum absolute atomic E-state index is 0.204. The van der Waals surface area contributed by atoms with Gasteiger partial charge in [-0.25, -0.2) is 0 Å². The molecule has 0 atom stereocenters. The van der Waals surface area contributed by atoms with Crippen molar-refractivity contribution >= 4 is 23.4 Å². The molecule has 0 saturated carbocycles. The Balaban J connectivity index is 2.19. The summed E-state index contributed by atoms with van der Waals surface area (Å²) in [6, 6.07) is 12.7. The molecule has 0 saturated heterocycles. The van der Waals surface area contributed by atoms with E-state index in [2.05, 4.69) is 5.32 Å². The molecule has 1 N–H and O–H groups in total. The number of carbonyl (C=O) groups is 1. The Hall–Kier alpha value is -2.14. The van der Waals surface area contributed by atoms with Crippen molar-refractivity contribution in [2.75, 3.05) is 25.8 Å². The second-order valence-corrected chi connectivity index (χ2v) is 5.13. The van der Waals surface area contributed by atoms with Gasteiger partial charge in [-0.15, -0.1) is 11.8 Å². The van der Waals surface area contributed by atoms with E-state index in [4.69, 9.17) is 9.47 Å². The van der Waals surface area contributed by atoms with Crippen LogP contribution in [0, 0.1) is 0 Å². The number of rotatable bonds is 5. The van der Waals surface area contributed by atoms with Crippen LogP contribution >= 0.6 is 11.8 Å². The number of ether oxygens (including phenoxy) is 2. The molecule has 0 fully saturated rings. The third-order valence-electron chi connectivity index (χ3n) is 3.00. The first-order valence-electron chi connectivity index (χ1n) is 6.35. The Morgan fingerprint density at radius 3 is 2.33 bits per heavy atom. The zero-order valence-electron chi connectivity index (χ0n) is 12.2. The topological polar surface area (TPSA) is 47.6 Å². The number of benzene rings is 2. The fraction of sp³-hybridized carbons (Fsp3) is 0.188. The highest BCUT2D eigenvalue weighted by molar-refractivity contribution is 7.98. The van der Waals surface area contributed by atoms with E-state index < -0.39 is 0 Å². The molecule has 2 aromatic carbocycles. The Morgan fingerprint density at radius 1 is 1.05 bits per heavy atom. The fourth-order valence-electron chi connectivity index (χ4n) is 1.86. The minimum Gasteiger partial charge on any atom is -0.497 e. The maximum Gasteiger partial charge on any atom is 0.259 e. The first kappa shape index (κ1) is 15.3. The lowest BCUT2D eigenvalue weighted by atomic mass is 10.2. The summed E-state index contributed by atoms with van der Waals surface area (Å²) in [6.07, 6.45) is 1.98. The summed E-state index contributed by atoms with van der Waals surface area (Å²) in [5.41, 5.74) is 1.21. The molecule has 0 bridgehead atoms. The van der Waals surface area contributed by atoms with Gasteiger partial charge in [0.15, 0.2) is 0 Å². The van der Waals surface area contributed by atoms with E-state index in [0.717, 1.165) is 10.6 Å². The van der Waals surface area contributed by atoms with Gasteiger partial charge in [0.05, 0.1) is 19.8 Å². The molecule has 0 aliphatic rings. The minimum atomic E-state index is -0.204. The van der Waals surface area contributed by atoms with Gasteiger partial charge in [-0.2, -0.15) is 0 Å². The highest BCUT2D eigenvalue weighted by atomic mass is 32.2. The summed E-state index contributed by atoms with van der Waals surface area (Å²) in [5, 5.41) is 2.84. The molecular formula is C16H17NO3S. The summed E-state index contributed by atoms with van der Waals surface area (Å²) in [6.45, 7) is 0. The van der Waals surface area contributed by atoms with Crippen LogP contribution in [0.2, 0.25) is 0 Å². The zero-order valence-corrected chi connectivity index (χ0v) is 13.0. The molecular weight excluding hydrogens is 286 g/mol. The van der Waals surface area contributed by atoms with Gasteiger partial charge >= 0.3 is 0 Å². The number of methoxy groups -OCH3 is 2. The first-order chi connectivity index (χ1) is 10.2. The molecule has 0 aliphatic heterocycles. The fourth-order valence-corrected chi connectivity index (χ4v) is 2.29. The summed E-state index contributed by atoms with van der Waals surface area (Å²) >= 11 is 1.60. The third kappa shape index (κ3) is 3.70. The molecule has 1 amide bonds. The van der Waals surface area contributed by atoms with Crippen molar-refractivity contribution in [2.24, 2.45) is 0 Å². The number of anilines is 1. The van der Waals surface area contributed by atoms with E-state index in [9.17, 15) is 4.79 Å². The number of hydrogen-bond donors (Lipinski definition) is 1. The van der Waals surface area contributed by atoms with Crippen molar-refractivity contribution in [2.45, 2.75) is 4.90 Å². The highest BCUT2D eigenvalue weighted by Gasteiger charge is 2.13. The number of hydrogen-bond acceptors (Lipinski definition) is 4. The van der Waals surface area contributed by atoms with Crippen LogP contribution in [0.25, 0.3) is 0 Å². The largest absolute Gasteiger partial charge is 0.497 e. The number of thioether (sulfide) groups is 1. The molecule has 0 aromatic heterocycles. The predicted octanol–water partition coefficient (Wildman–Crippen LogP) is 3.68. The quantitative estimate of drug-likeness (QED) is 0.856. The van der Waals surface area contributed by atoms with Gasteiger partial charge in [-0.1, -0.05) is 0 Å². The average molecular weight is 303 g/mol. The molecule has 110 valence electrons. The van der Waals surface area contributed by atoms with Gasteiger partial charge in [0.2, 0.25) is 0 Å². The van der Waals surface area contributed by atoms with E-state index in [1.807, 2.05) is 18.4 Å². The van der Waals surface area contributed by atoms with Crippen molar-refractivity contribution in [1.29, 1.82) is 0 Å². The van der Waals surface area contributed by atoms with Gasteiger partial charge in [0.1, 0.15) is 11.5 Å². The van der Waals surface area contributed by atoms with E-state index in [1.165, 1.54) is 0 Å². The molecule has 2 aromatic rings. The molecule has 21 heavy (non-hydrogen) atoms. The smallest absolute Gasteiger partial charge is 0.259 e. The van der Waals surface area contributed by atoms with E-state index in [0.29, 0.717) is 17.0 Å². The van der Waals surface area contributed by atoms with Gasteiger partial charge in [-0.05, 0) is 48.7 Å². The average Bonchev–Trinajstić information content (AvgIpc) is 2.54. The Morgan fingerprint density at radius 2 is 1.76 bits per heavy atom. The second-order valence-electron chi connectivity index (χ2n) is 4.25. The highest BCUT2D eigenvalue weighted by Crippen LogP contribution is 2.26. The van der Waals surface area contributed by atoms with Crippen LogP contribution in [0.5, 0.6) is 11.5 Å². The van der Waals surface area contributed by atoms with Crippen LogP contribution in [0.15, 0.2) is 47.4 Å². The molecule has 0 unspecified atom stereocenters. The molecule has 0 radical (unpaired) electrons.